The third-order valence-corrected chi connectivity index (χ3v) is 9.39. The van der Waals surface area contributed by atoms with Crippen molar-refractivity contribution in [3.05, 3.63) is 83.9 Å². The molecule has 0 saturated carbocycles. The van der Waals surface area contributed by atoms with Crippen molar-refractivity contribution in [3.63, 3.8) is 0 Å². The number of benzene rings is 4. The zero-order valence-electron chi connectivity index (χ0n) is 28.5. The number of hydrogen-bond acceptors (Lipinski definition) is 6. The van der Waals surface area contributed by atoms with Crippen LogP contribution in [0.4, 0.5) is 0 Å². The third-order valence-electron chi connectivity index (χ3n) is 9.39. The average Bonchev–Trinajstić information content (AvgIpc) is 2.92. The lowest BCUT2D eigenvalue weighted by Gasteiger charge is -2.45. The van der Waals surface area contributed by atoms with Crippen LogP contribution < -0.4 is 10.6 Å². The summed E-state index contributed by atoms with van der Waals surface area (Å²) < 4.78 is 12.4. The minimum absolute atomic E-state index is 0.128. The van der Waals surface area contributed by atoms with E-state index in [0.717, 1.165) is 58.4 Å². The molecule has 0 aliphatic carbocycles. The molecule has 2 fully saturated rings. The van der Waals surface area contributed by atoms with Crippen LogP contribution in [0.2, 0.25) is 0 Å². The summed E-state index contributed by atoms with van der Waals surface area (Å²) in [5, 5.41) is 11.1. The number of carbonyl (C=O) groups excluding carboxylic acids is 2. The first-order valence-corrected chi connectivity index (χ1v) is 16.6. The van der Waals surface area contributed by atoms with Crippen molar-refractivity contribution in [2.75, 3.05) is 0 Å². The lowest BCUT2D eigenvalue weighted by molar-refractivity contribution is -0.00756. The highest BCUT2D eigenvalue weighted by Gasteiger charge is 2.40. The lowest BCUT2D eigenvalue weighted by Crippen LogP contribution is -2.59. The van der Waals surface area contributed by atoms with Gasteiger partial charge in [0.25, 0.3) is 0 Å². The van der Waals surface area contributed by atoms with Gasteiger partial charge >= 0.3 is 11.9 Å². The molecule has 6 rings (SSSR count). The van der Waals surface area contributed by atoms with Gasteiger partial charge < -0.3 is 20.1 Å². The Labute approximate surface area is 273 Å². The molecule has 2 heterocycles. The zero-order chi connectivity index (χ0) is 33.1. The van der Waals surface area contributed by atoms with Crippen molar-refractivity contribution in [3.8, 4) is 11.1 Å². The number of hydrogen-bond donors (Lipinski definition) is 2. The van der Waals surface area contributed by atoms with Gasteiger partial charge in [0.05, 0.1) is 11.1 Å². The lowest BCUT2D eigenvalue weighted by atomic mass is 9.81. The molecular weight excluding hydrogens is 572 g/mol. The van der Waals surface area contributed by atoms with Gasteiger partial charge in [-0.15, -0.1) is 0 Å². The third kappa shape index (κ3) is 6.84. The molecule has 0 spiro atoms. The summed E-state index contributed by atoms with van der Waals surface area (Å²) in [5.74, 6) is -0.626. The Bertz CT molecular complexity index is 1780. The number of piperidine rings is 2. The van der Waals surface area contributed by atoms with Crippen molar-refractivity contribution < 1.29 is 19.1 Å². The molecule has 4 aromatic rings. The van der Waals surface area contributed by atoms with Gasteiger partial charge in [-0.25, -0.2) is 9.59 Å². The summed E-state index contributed by atoms with van der Waals surface area (Å²) in [4.78, 5) is 27.5. The standard InChI is InChI=1S/C40H48N2O4/c1-37(2)21-28(22-38(3,4)41-37)45-35(43)27-19-18-25-12-9-15-30(33(25)20-27)31-16-10-13-26-14-11-17-32(34(26)31)36(44)46-29-23-39(5,6)42-40(7,8)24-29/h9-20,28-29,41-42H,21-24H2,1-8H3. The van der Waals surface area contributed by atoms with Crippen LogP contribution >= 0.6 is 0 Å². The predicted octanol–water partition coefficient (Wildman–Crippen LogP) is 8.59. The normalized spacial score (nSPS) is 20.8. The first kappa shape index (κ1) is 32.2. The molecule has 6 heteroatoms. The van der Waals surface area contributed by atoms with Crippen LogP contribution in [0.25, 0.3) is 32.7 Å². The number of fused-ring (bicyclic) bond motifs is 2. The SMILES string of the molecule is CC1(C)CC(OC(=O)c2ccc3cccc(-c4cccc5cccc(C(=O)OC6CC(C)(C)NC(C)(C)C6)c45)c3c2)CC(C)(C)N1. The van der Waals surface area contributed by atoms with Crippen LogP contribution in [0, 0.1) is 0 Å². The Kier molecular flexibility index (Phi) is 8.05. The van der Waals surface area contributed by atoms with E-state index in [-0.39, 0.29) is 46.3 Å². The molecular formula is C40H48N2O4. The number of ether oxygens (including phenoxy) is 2. The van der Waals surface area contributed by atoms with E-state index in [9.17, 15) is 9.59 Å². The Balaban J connectivity index is 1.36. The first-order valence-electron chi connectivity index (χ1n) is 16.6. The summed E-state index contributed by atoms with van der Waals surface area (Å²) in [6.45, 7) is 17.2. The quantitative estimate of drug-likeness (QED) is 0.218. The second kappa shape index (κ2) is 11.5. The molecule has 2 aliphatic rings. The Morgan fingerprint density at radius 3 is 1.63 bits per heavy atom. The molecule has 0 unspecified atom stereocenters. The fourth-order valence-corrected chi connectivity index (χ4v) is 8.43. The Morgan fingerprint density at radius 2 is 1.07 bits per heavy atom. The molecule has 0 amide bonds. The van der Waals surface area contributed by atoms with E-state index in [0.29, 0.717) is 11.1 Å². The first-order chi connectivity index (χ1) is 21.5. The van der Waals surface area contributed by atoms with E-state index in [2.05, 4.69) is 78.2 Å². The van der Waals surface area contributed by atoms with E-state index in [1.54, 1.807) is 0 Å². The molecule has 2 aliphatic heterocycles. The molecule has 0 atom stereocenters. The molecule has 242 valence electrons. The van der Waals surface area contributed by atoms with Crippen molar-refractivity contribution >= 4 is 33.5 Å². The van der Waals surface area contributed by atoms with Crippen molar-refractivity contribution in [1.82, 2.24) is 10.6 Å². The number of esters is 2. The zero-order valence-corrected chi connectivity index (χ0v) is 28.5. The number of nitrogens with one attached hydrogen (secondary N) is 2. The van der Waals surface area contributed by atoms with Crippen molar-refractivity contribution in [1.29, 1.82) is 0 Å². The summed E-state index contributed by atoms with van der Waals surface area (Å²) in [6, 6.07) is 23.8. The monoisotopic (exact) mass is 620 g/mol. The fourth-order valence-electron chi connectivity index (χ4n) is 8.43. The Morgan fingerprint density at radius 1 is 0.587 bits per heavy atom. The second-order valence-corrected chi connectivity index (χ2v) is 16.1. The van der Waals surface area contributed by atoms with Gasteiger partial charge in [0.15, 0.2) is 0 Å². The van der Waals surface area contributed by atoms with Crippen LogP contribution in [0.5, 0.6) is 0 Å². The van der Waals surface area contributed by atoms with Crippen LogP contribution in [-0.4, -0.2) is 46.3 Å². The maximum absolute atomic E-state index is 13.9. The minimum atomic E-state index is -0.315. The van der Waals surface area contributed by atoms with Gasteiger partial charge in [0.1, 0.15) is 12.2 Å². The van der Waals surface area contributed by atoms with Gasteiger partial charge in [-0.05, 0) is 101 Å². The van der Waals surface area contributed by atoms with Gasteiger partial charge in [-0.3, -0.25) is 0 Å². The highest BCUT2D eigenvalue weighted by atomic mass is 16.5. The fraction of sp³-hybridized carbons (Fsp3) is 0.450. The summed E-state index contributed by atoms with van der Waals surface area (Å²) in [5.41, 5.74) is 2.40. The molecule has 2 N–H and O–H groups in total. The van der Waals surface area contributed by atoms with Gasteiger partial charge in [-0.2, -0.15) is 0 Å². The van der Waals surface area contributed by atoms with E-state index < -0.39 is 0 Å². The van der Waals surface area contributed by atoms with Crippen LogP contribution in [0.3, 0.4) is 0 Å². The molecule has 6 nitrogen and oxygen atoms in total. The van der Waals surface area contributed by atoms with Crippen LogP contribution in [-0.2, 0) is 9.47 Å². The predicted molar refractivity (Wildman–Crippen MR) is 186 cm³/mol. The molecule has 0 bridgehead atoms. The molecule has 0 radical (unpaired) electrons. The van der Waals surface area contributed by atoms with Crippen LogP contribution in [0.1, 0.15) is 102 Å². The number of rotatable bonds is 5. The Hall–Kier alpha value is -3.74. The molecule has 4 aromatic carbocycles. The van der Waals surface area contributed by atoms with Gasteiger partial charge in [0, 0.05) is 53.2 Å². The largest absolute Gasteiger partial charge is 0.459 e. The molecule has 46 heavy (non-hydrogen) atoms. The van der Waals surface area contributed by atoms with Gasteiger partial charge in [-0.1, -0.05) is 54.6 Å². The summed E-state index contributed by atoms with van der Waals surface area (Å²) >= 11 is 0. The summed E-state index contributed by atoms with van der Waals surface area (Å²) in [6.07, 6.45) is 2.63. The second-order valence-electron chi connectivity index (χ2n) is 16.1. The van der Waals surface area contributed by atoms with E-state index in [4.69, 9.17) is 9.47 Å². The minimum Gasteiger partial charge on any atom is -0.459 e. The smallest absolute Gasteiger partial charge is 0.339 e. The van der Waals surface area contributed by atoms with Crippen molar-refractivity contribution in [2.45, 2.75) is 115 Å². The average molecular weight is 621 g/mol. The molecule has 0 aromatic heterocycles. The molecule has 2 saturated heterocycles. The maximum Gasteiger partial charge on any atom is 0.339 e. The number of carbonyl (C=O) groups is 2. The van der Waals surface area contributed by atoms with Gasteiger partial charge in [0.2, 0.25) is 0 Å². The van der Waals surface area contributed by atoms with E-state index >= 15 is 0 Å². The topological polar surface area (TPSA) is 76.7 Å². The van der Waals surface area contributed by atoms with E-state index in [1.807, 2.05) is 60.7 Å². The van der Waals surface area contributed by atoms with E-state index in [1.165, 1.54) is 0 Å². The van der Waals surface area contributed by atoms with Crippen molar-refractivity contribution in [2.24, 2.45) is 0 Å². The summed E-state index contributed by atoms with van der Waals surface area (Å²) in [7, 11) is 0. The highest BCUT2D eigenvalue weighted by Crippen LogP contribution is 2.38. The highest BCUT2D eigenvalue weighted by molar-refractivity contribution is 6.14. The maximum atomic E-state index is 13.9. The van der Waals surface area contributed by atoms with Crippen LogP contribution in [0.15, 0.2) is 72.8 Å².